The number of nitrogens with one attached hydrogen (secondary N) is 1. The van der Waals surface area contributed by atoms with Crippen LogP contribution >= 0.6 is 22.6 Å². The zero-order valence-electron chi connectivity index (χ0n) is 16.0. The van der Waals surface area contributed by atoms with Gasteiger partial charge >= 0.3 is 12.0 Å². The fourth-order valence-electron chi connectivity index (χ4n) is 2.67. The smallest absolute Gasteiger partial charge is 0.373 e. The van der Waals surface area contributed by atoms with Gasteiger partial charge in [0.2, 0.25) is 5.76 Å². The van der Waals surface area contributed by atoms with Gasteiger partial charge in [0.15, 0.2) is 0 Å². The van der Waals surface area contributed by atoms with Crippen LogP contribution in [0.25, 0.3) is 6.08 Å². The number of urea groups is 1. The number of methoxy groups -OCH3 is 1. The second kappa shape index (κ2) is 8.68. The average Bonchev–Trinajstić information content (AvgIpc) is 3.24. The number of esters is 1. The van der Waals surface area contributed by atoms with Gasteiger partial charge in [-0.1, -0.05) is 6.07 Å². The Morgan fingerprint density at radius 1 is 1.28 bits per heavy atom. The van der Waals surface area contributed by atoms with Crippen LogP contribution < -0.4 is 10.1 Å². The molecule has 0 radical (unpaired) electrons. The highest BCUT2D eigenvalue weighted by molar-refractivity contribution is 14.1. The molecule has 1 aliphatic rings. The second-order valence-electron chi connectivity index (χ2n) is 6.49. The van der Waals surface area contributed by atoms with Crippen LogP contribution in [-0.4, -0.2) is 36.0 Å². The highest BCUT2D eigenvalue weighted by Gasteiger charge is 2.34. The number of hydrogen-bond donors (Lipinski definition) is 1. The zero-order chi connectivity index (χ0) is 21.1. The van der Waals surface area contributed by atoms with Gasteiger partial charge in [-0.15, -0.1) is 0 Å². The molecule has 1 aromatic carbocycles. The molecule has 2 aromatic rings. The Labute approximate surface area is 181 Å². The van der Waals surface area contributed by atoms with Crippen LogP contribution in [0.1, 0.15) is 35.7 Å². The summed E-state index contributed by atoms with van der Waals surface area (Å²) in [5.41, 5.74) is 0.907. The summed E-state index contributed by atoms with van der Waals surface area (Å²) < 4.78 is 16.5. The number of imide groups is 1. The van der Waals surface area contributed by atoms with Gasteiger partial charge in [-0.3, -0.25) is 9.69 Å². The summed E-state index contributed by atoms with van der Waals surface area (Å²) in [6.07, 6.45) is 1.65. The molecule has 0 unspecified atom stereocenters. The summed E-state index contributed by atoms with van der Waals surface area (Å²) in [5, 5.41) is 2.56. The van der Waals surface area contributed by atoms with Crippen molar-refractivity contribution in [1.82, 2.24) is 10.2 Å². The molecule has 8 nitrogen and oxygen atoms in total. The molecule has 0 bridgehead atoms. The molecule has 1 N–H and O–H groups in total. The SMILES string of the molecule is COC(=O)c1ccc(CN2C(=O)N/C(=C\c3ccc(OC(C)C)c(I)c3)C2=O)o1. The highest BCUT2D eigenvalue weighted by Crippen LogP contribution is 2.25. The van der Waals surface area contributed by atoms with Crippen LogP contribution in [0.5, 0.6) is 5.75 Å². The number of carbonyl (C=O) groups is 3. The fourth-order valence-corrected chi connectivity index (χ4v) is 3.33. The van der Waals surface area contributed by atoms with E-state index < -0.39 is 17.9 Å². The minimum atomic E-state index is -0.631. The Kier molecular flexibility index (Phi) is 6.26. The molecule has 1 aliphatic heterocycles. The molecule has 2 heterocycles. The third-order valence-electron chi connectivity index (χ3n) is 3.95. The van der Waals surface area contributed by atoms with Crippen molar-refractivity contribution in [1.29, 1.82) is 0 Å². The third-order valence-corrected chi connectivity index (χ3v) is 4.80. The van der Waals surface area contributed by atoms with E-state index in [1.165, 1.54) is 19.2 Å². The number of halogens is 1. The van der Waals surface area contributed by atoms with Gasteiger partial charge < -0.3 is 19.2 Å². The molecule has 0 aliphatic carbocycles. The van der Waals surface area contributed by atoms with E-state index in [0.717, 1.165) is 19.8 Å². The van der Waals surface area contributed by atoms with Crippen LogP contribution in [0.15, 0.2) is 40.4 Å². The lowest BCUT2D eigenvalue weighted by molar-refractivity contribution is -0.123. The quantitative estimate of drug-likeness (QED) is 0.276. The van der Waals surface area contributed by atoms with Crippen molar-refractivity contribution in [2.75, 3.05) is 7.11 Å². The molecule has 0 atom stereocenters. The third kappa shape index (κ3) is 4.78. The largest absolute Gasteiger partial charge is 0.490 e. The van der Waals surface area contributed by atoms with Crippen molar-refractivity contribution in [3.05, 3.63) is 56.7 Å². The minimum absolute atomic E-state index is 0.00333. The molecule has 1 aromatic heterocycles. The standard InChI is InChI=1S/C20H19IN2O6/c1-11(2)28-16-6-4-12(8-14(16)21)9-15-18(24)23(20(26)22-15)10-13-5-7-17(29-13)19(25)27-3/h4-9,11H,10H2,1-3H3,(H,22,26)/b15-9-. The average molecular weight is 510 g/mol. The van der Waals surface area contributed by atoms with Crippen molar-refractivity contribution in [2.45, 2.75) is 26.5 Å². The maximum atomic E-state index is 12.6. The highest BCUT2D eigenvalue weighted by atomic mass is 127. The van der Waals surface area contributed by atoms with Crippen molar-refractivity contribution >= 4 is 46.6 Å². The predicted octanol–water partition coefficient (Wildman–Crippen LogP) is 3.55. The van der Waals surface area contributed by atoms with Crippen LogP contribution in [0, 0.1) is 3.57 Å². The number of rotatable bonds is 6. The molecule has 3 rings (SSSR count). The summed E-state index contributed by atoms with van der Waals surface area (Å²) >= 11 is 2.16. The van der Waals surface area contributed by atoms with Gasteiger partial charge in [-0.05, 0) is 72.3 Å². The number of carbonyl (C=O) groups excluding carboxylic acids is 3. The summed E-state index contributed by atoms with van der Waals surface area (Å²) in [6, 6.07) is 7.88. The molecule has 1 fully saturated rings. The van der Waals surface area contributed by atoms with Crippen LogP contribution in [0.4, 0.5) is 4.79 Å². The van der Waals surface area contributed by atoms with E-state index in [1.807, 2.05) is 32.0 Å². The maximum Gasteiger partial charge on any atom is 0.373 e. The molecular weight excluding hydrogens is 491 g/mol. The Bertz CT molecular complexity index is 995. The Morgan fingerprint density at radius 2 is 2.03 bits per heavy atom. The first kappa shape index (κ1) is 20.9. The predicted molar refractivity (Wildman–Crippen MR) is 112 cm³/mol. The van der Waals surface area contributed by atoms with E-state index >= 15 is 0 Å². The first-order valence-electron chi connectivity index (χ1n) is 8.76. The Morgan fingerprint density at radius 3 is 2.69 bits per heavy atom. The lowest BCUT2D eigenvalue weighted by Gasteiger charge is -2.11. The number of furan rings is 1. The van der Waals surface area contributed by atoms with Gasteiger partial charge in [0.1, 0.15) is 17.2 Å². The Balaban J connectivity index is 1.75. The number of benzene rings is 1. The number of amides is 3. The minimum Gasteiger partial charge on any atom is -0.490 e. The molecule has 0 saturated carbocycles. The van der Waals surface area contributed by atoms with Crippen molar-refractivity contribution in [3.8, 4) is 5.75 Å². The summed E-state index contributed by atoms with van der Waals surface area (Å²) in [5.74, 6) is -0.0639. The summed E-state index contributed by atoms with van der Waals surface area (Å²) in [4.78, 5) is 37.3. The molecular formula is C20H19IN2O6. The molecule has 0 spiro atoms. The monoisotopic (exact) mass is 510 g/mol. The molecule has 1 saturated heterocycles. The van der Waals surface area contributed by atoms with Gasteiger partial charge in [0.05, 0.1) is 23.3 Å². The summed E-state index contributed by atoms with van der Waals surface area (Å²) in [7, 11) is 1.24. The number of hydrogen-bond acceptors (Lipinski definition) is 6. The van der Waals surface area contributed by atoms with E-state index in [0.29, 0.717) is 5.76 Å². The first-order valence-corrected chi connectivity index (χ1v) is 9.84. The summed E-state index contributed by atoms with van der Waals surface area (Å²) in [6.45, 7) is 3.79. The topological polar surface area (TPSA) is 98.1 Å². The first-order chi connectivity index (χ1) is 13.8. The van der Waals surface area contributed by atoms with Crippen LogP contribution in [0.2, 0.25) is 0 Å². The van der Waals surface area contributed by atoms with Crippen LogP contribution in [0.3, 0.4) is 0 Å². The van der Waals surface area contributed by atoms with E-state index in [4.69, 9.17) is 9.15 Å². The van der Waals surface area contributed by atoms with Gasteiger partial charge in [0.25, 0.3) is 5.91 Å². The van der Waals surface area contributed by atoms with E-state index in [2.05, 4.69) is 32.6 Å². The normalized spacial score (nSPS) is 15.2. The van der Waals surface area contributed by atoms with Gasteiger partial charge in [-0.25, -0.2) is 9.59 Å². The van der Waals surface area contributed by atoms with Gasteiger partial charge in [0, 0.05) is 0 Å². The molecule has 9 heteroatoms. The van der Waals surface area contributed by atoms with E-state index in [-0.39, 0.29) is 24.1 Å². The van der Waals surface area contributed by atoms with E-state index in [1.54, 1.807) is 6.08 Å². The van der Waals surface area contributed by atoms with Crippen LogP contribution in [-0.2, 0) is 16.1 Å². The molecule has 3 amide bonds. The van der Waals surface area contributed by atoms with Crippen molar-refractivity contribution in [3.63, 3.8) is 0 Å². The fraction of sp³-hybridized carbons (Fsp3) is 0.250. The second-order valence-corrected chi connectivity index (χ2v) is 7.66. The van der Waals surface area contributed by atoms with E-state index in [9.17, 15) is 14.4 Å². The lowest BCUT2D eigenvalue weighted by atomic mass is 10.2. The van der Waals surface area contributed by atoms with Crippen molar-refractivity contribution < 1.29 is 28.3 Å². The van der Waals surface area contributed by atoms with Crippen molar-refractivity contribution in [2.24, 2.45) is 0 Å². The maximum absolute atomic E-state index is 12.6. The molecule has 29 heavy (non-hydrogen) atoms. The lowest BCUT2D eigenvalue weighted by Crippen LogP contribution is -2.30. The zero-order valence-corrected chi connectivity index (χ0v) is 18.2. The molecule has 152 valence electrons. The number of nitrogens with zero attached hydrogens (tertiary/aromatic N) is 1. The Hall–Kier alpha value is -2.82. The van der Waals surface area contributed by atoms with Gasteiger partial charge in [-0.2, -0.15) is 0 Å². The number of ether oxygens (including phenoxy) is 2.